The van der Waals surface area contributed by atoms with Gasteiger partial charge in [0.1, 0.15) is 0 Å². The number of nitrogens with zero attached hydrogens (tertiary/aromatic N) is 1. The molecular weight excluding hydrogens is 392 g/mol. The highest BCUT2D eigenvalue weighted by Crippen LogP contribution is 2.24. The summed E-state index contributed by atoms with van der Waals surface area (Å²) in [6, 6.07) is 5.52. The molecule has 1 aliphatic heterocycles. The molecule has 1 unspecified atom stereocenters. The molecule has 1 fully saturated rings. The van der Waals surface area contributed by atoms with Crippen molar-refractivity contribution in [3.63, 3.8) is 0 Å². The predicted molar refractivity (Wildman–Crippen MR) is 101 cm³/mol. The number of hydrogen-bond donors (Lipinski definition) is 1. The van der Waals surface area contributed by atoms with E-state index in [1.165, 1.54) is 0 Å². The topological polar surface area (TPSA) is 41.6 Å². The van der Waals surface area contributed by atoms with Crippen molar-refractivity contribution in [2.24, 2.45) is 0 Å². The molecule has 0 bridgehead atoms. The van der Waals surface area contributed by atoms with E-state index in [9.17, 15) is 4.79 Å². The Hall–Kier alpha value is -0.880. The predicted octanol–water partition coefficient (Wildman–Crippen LogP) is 3.43. The molecule has 1 aromatic rings. The zero-order chi connectivity index (χ0) is 17.5. The summed E-state index contributed by atoms with van der Waals surface area (Å²) in [6.45, 7) is 5.52. The summed E-state index contributed by atoms with van der Waals surface area (Å²) in [4.78, 5) is 14.9. The largest absolute Gasteiger partial charge is 0.375 e. The van der Waals surface area contributed by atoms with E-state index >= 15 is 0 Å². The van der Waals surface area contributed by atoms with E-state index in [2.05, 4.69) is 27.8 Å². The lowest BCUT2D eigenvalue weighted by Crippen LogP contribution is -2.49. The van der Waals surface area contributed by atoms with Crippen LogP contribution in [0.25, 0.3) is 0 Å². The highest BCUT2D eigenvalue weighted by Gasteiger charge is 2.32. The monoisotopic (exact) mass is 414 g/mol. The summed E-state index contributed by atoms with van der Waals surface area (Å²) in [7, 11) is 1.82. The number of carbonyl (C=O) groups is 1. The van der Waals surface area contributed by atoms with Gasteiger partial charge in [0.05, 0.1) is 25.3 Å². The molecular formula is C18H24BrClN2O2. The minimum atomic E-state index is -0.278. The second-order valence-electron chi connectivity index (χ2n) is 5.93. The van der Waals surface area contributed by atoms with Crippen molar-refractivity contribution in [3.05, 3.63) is 45.9 Å². The van der Waals surface area contributed by atoms with Gasteiger partial charge in [-0.15, -0.1) is 6.58 Å². The van der Waals surface area contributed by atoms with E-state index in [-0.39, 0.29) is 18.0 Å². The summed E-state index contributed by atoms with van der Waals surface area (Å²) >= 11 is 9.62. The second-order valence-corrected chi connectivity index (χ2v) is 7.23. The van der Waals surface area contributed by atoms with Crippen LogP contribution in [0.2, 0.25) is 5.02 Å². The van der Waals surface area contributed by atoms with Gasteiger partial charge in [-0.05, 0) is 50.1 Å². The third-order valence-electron chi connectivity index (χ3n) is 4.28. The first-order valence-corrected chi connectivity index (χ1v) is 9.34. The number of halogens is 2. The minimum Gasteiger partial charge on any atom is -0.375 e. The van der Waals surface area contributed by atoms with Crippen molar-refractivity contribution >= 4 is 33.4 Å². The molecule has 1 heterocycles. The number of benzene rings is 1. The van der Waals surface area contributed by atoms with Gasteiger partial charge < -0.3 is 15.0 Å². The third-order valence-corrected chi connectivity index (χ3v) is 5.29. The standard InChI is InChI=1S/C18H24BrClN2O2/c1-3-9-24-12-15-5-4-8-22(15)18(23)17(21-2)11-13-10-14(20)6-7-16(13)19/h3,6-7,10,15,17,21H,1,4-5,8-9,11-12H2,2H3/t15?,17-/m0/s1. The van der Waals surface area contributed by atoms with Crippen molar-refractivity contribution in [2.75, 3.05) is 26.8 Å². The van der Waals surface area contributed by atoms with E-state index in [1.54, 1.807) is 6.08 Å². The van der Waals surface area contributed by atoms with Crippen molar-refractivity contribution in [1.82, 2.24) is 10.2 Å². The van der Waals surface area contributed by atoms with Gasteiger partial charge in [-0.25, -0.2) is 0 Å². The number of rotatable bonds is 8. The Bertz CT molecular complexity index is 582. The molecule has 0 saturated carbocycles. The van der Waals surface area contributed by atoms with Crippen LogP contribution in [0.3, 0.4) is 0 Å². The Morgan fingerprint density at radius 1 is 1.62 bits per heavy atom. The summed E-state index contributed by atoms with van der Waals surface area (Å²) < 4.78 is 6.52. The zero-order valence-electron chi connectivity index (χ0n) is 13.9. The van der Waals surface area contributed by atoms with Gasteiger partial charge in [-0.3, -0.25) is 4.79 Å². The molecule has 1 aromatic carbocycles. The normalized spacial score (nSPS) is 18.6. The van der Waals surface area contributed by atoms with Crippen molar-refractivity contribution in [1.29, 1.82) is 0 Å². The molecule has 1 N–H and O–H groups in total. The summed E-state index contributed by atoms with van der Waals surface area (Å²) in [6.07, 6.45) is 4.33. The Labute approximate surface area is 157 Å². The quantitative estimate of drug-likeness (QED) is 0.522. The zero-order valence-corrected chi connectivity index (χ0v) is 16.3. The van der Waals surface area contributed by atoms with Gasteiger partial charge in [0.15, 0.2) is 0 Å². The van der Waals surface area contributed by atoms with E-state index in [1.807, 2.05) is 30.1 Å². The molecule has 0 aliphatic carbocycles. The number of likely N-dealkylation sites (N-methyl/N-ethyl adjacent to an activating group) is 1. The molecule has 6 heteroatoms. The lowest BCUT2D eigenvalue weighted by molar-refractivity contribution is -0.135. The van der Waals surface area contributed by atoms with Crippen LogP contribution >= 0.6 is 27.5 Å². The van der Waals surface area contributed by atoms with Crippen LogP contribution in [-0.2, 0) is 16.0 Å². The van der Waals surface area contributed by atoms with Gasteiger partial charge in [0.2, 0.25) is 5.91 Å². The fraction of sp³-hybridized carbons (Fsp3) is 0.500. The molecule has 132 valence electrons. The molecule has 0 aromatic heterocycles. The Balaban J connectivity index is 2.04. The van der Waals surface area contributed by atoms with Gasteiger partial charge in [-0.1, -0.05) is 33.6 Å². The summed E-state index contributed by atoms with van der Waals surface area (Å²) in [5.41, 5.74) is 1.02. The fourth-order valence-corrected chi connectivity index (χ4v) is 3.62. The number of likely N-dealkylation sites (tertiary alicyclic amines) is 1. The minimum absolute atomic E-state index is 0.120. The molecule has 1 saturated heterocycles. The summed E-state index contributed by atoms with van der Waals surface area (Å²) in [5.74, 6) is 0.120. The van der Waals surface area contributed by atoms with E-state index in [4.69, 9.17) is 16.3 Å². The SMILES string of the molecule is C=CCOCC1CCCN1C(=O)[C@H](Cc1cc(Cl)ccc1Br)NC. The number of hydrogen-bond acceptors (Lipinski definition) is 3. The molecule has 1 amide bonds. The lowest BCUT2D eigenvalue weighted by Gasteiger charge is -2.29. The summed E-state index contributed by atoms with van der Waals surface area (Å²) in [5, 5.41) is 3.82. The third kappa shape index (κ3) is 5.06. The Kier molecular flexibility index (Phi) is 7.75. The van der Waals surface area contributed by atoms with Crippen molar-refractivity contribution in [2.45, 2.75) is 31.3 Å². The van der Waals surface area contributed by atoms with Gasteiger partial charge >= 0.3 is 0 Å². The Morgan fingerprint density at radius 3 is 3.12 bits per heavy atom. The maximum Gasteiger partial charge on any atom is 0.240 e. The molecule has 0 spiro atoms. The van der Waals surface area contributed by atoms with Gasteiger partial charge in [0.25, 0.3) is 0 Å². The first-order valence-electron chi connectivity index (χ1n) is 8.17. The molecule has 2 atom stereocenters. The van der Waals surface area contributed by atoms with E-state index in [0.717, 1.165) is 29.4 Å². The van der Waals surface area contributed by atoms with Crippen molar-refractivity contribution in [3.8, 4) is 0 Å². The van der Waals surface area contributed by atoms with Gasteiger partial charge in [-0.2, -0.15) is 0 Å². The number of carbonyl (C=O) groups excluding carboxylic acids is 1. The van der Waals surface area contributed by atoms with Crippen LogP contribution in [0.4, 0.5) is 0 Å². The number of nitrogens with one attached hydrogen (secondary N) is 1. The average molecular weight is 416 g/mol. The van der Waals surface area contributed by atoms with E-state index < -0.39 is 0 Å². The van der Waals surface area contributed by atoms with Crippen LogP contribution in [0.1, 0.15) is 18.4 Å². The lowest BCUT2D eigenvalue weighted by atomic mass is 10.0. The smallest absolute Gasteiger partial charge is 0.240 e. The molecule has 24 heavy (non-hydrogen) atoms. The van der Waals surface area contributed by atoms with Crippen LogP contribution in [0.15, 0.2) is 35.3 Å². The highest BCUT2D eigenvalue weighted by atomic mass is 79.9. The van der Waals surface area contributed by atoms with Crippen LogP contribution < -0.4 is 5.32 Å². The Morgan fingerprint density at radius 2 is 2.42 bits per heavy atom. The first-order chi connectivity index (χ1) is 11.6. The molecule has 2 rings (SSSR count). The first kappa shape index (κ1) is 19.4. The average Bonchev–Trinajstić information content (AvgIpc) is 3.03. The number of amides is 1. The van der Waals surface area contributed by atoms with Crippen LogP contribution in [-0.4, -0.2) is 49.7 Å². The van der Waals surface area contributed by atoms with Crippen LogP contribution in [0.5, 0.6) is 0 Å². The molecule has 1 aliphatic rings. The maximum atomic E-state index is 13.0. The number of ether oxygens (including phenoxy) is 1. The van der Waals surface area contributed by atoms with Crippen LogP contribution in [0, 0.1) is 0 Å². The molecule has 0 radical (unpaired) electrons. The molecule has 4 nitrogen and oxygen atoms in total. The van der Waals surface area contributed by atoms with E-state index in [0.29, 0.717) is 24.7 Å². The van der Waals surface area contributed by atoms with Crippen molar-refractivity contribution < 1.29 is 9.53 Å². The fourth-order valence-electron chi connectivity index (χ4n) is 3.02. The van der Waals surface area contributed by atoms with Gasteiger partial charge in [0, 0.05) is 16.0 Å². The maximum absolute atomic E-state index is 13.0. The highest BCUT2D eigenvalue weighted by molar-refractivity contribution is 9.10. The second kappa shape index (κ2) is 9.56.